The van der Waals surface area contributed by atoms with Crippen LogP contribution in [0.1, 0.15) is 38.2 Å². The highest BCUT2D eigenvalue weighted by atomic mass is 35.5. The van der Waals surface area contributed by atoms with Gasteiger partial charge in [-0.05, 0) is 63.4 Å². The normalized spacial score (nSPS) is 19.1. The molecule has 2 nitrogen and oxygen atoms in total. The average Bonchev–Trinajstić information content (AvgIpc) is 2.29. The molecule has 0 atom stereocenters. The van der Waals surface area contributed by atoms with Gasteiger partial charge in [-0.2, -0.15) is 0 Å². The summed E-state index contributed by atoms with van der Waals surface area (Å²) in [6.45, 7) is 7.47. The summed E-state index contributed by atoms with van der Waals surface area (Å²) in [6.07, 6.45) is 2.44. The second-order valence-corrected chi connectivity index (χ2v) is 6.53. The number of hydrogen-bond donors (Lipinski definition) is 1. The first-order chi connectivity index (χ1) is 8.44. The molecule has 0 bridgehead atoms. The summed E-state index contributed by atoms with van der Waals surface area (Å²) >= 11 is 5.92. The maximum absolute atomic E-state index is 6.07. The van der Waals surface area contributed by atoms with Gasteiger partial charge in [0.15, 0.2) is 0 Å². The van der Waals surface area contributed by atoms with E-state index in [0.717, 1.165) is 24.7 Å². The van der Waals surface area contributed by atoms with Gasteiger partial charge in [0.2, 0.25) is 0 Å². The summed E-state index contributed by atoms with van der Waals surface area (Å²) in [5.74, 6) is 0.680. The predicted octanol–water partition coefficient (Wildman–Crippen LogP) is 3.26. The van der Waals surface area contributed by atoms with E-state index in [4.69, 9.17) is 17.3 Å². The molecule has 18 heavy (non-hydrogen) atoms. The van der Waals surface area contributed by atoms with Crippen LogP contribution in [-0.2, 0) is 0 Å². The van der Waals surface area contributed by atoms with Gasteiger partial charge in [-0.15, -0.1) is 0 Å². The maximum atomic E-state index is 6.07. The molecule has 0 unspecified atom stereocenters. The molecule has 3 heteroatoms. The van der Waals surface area contributed by atoms with Gasteiger partial charge in [-0.25, -0.2) is 0 Å². The van der Waals surface area contributed by atoms with Crippen molar-refractivity contribution in [2.24, 2.45) is 5.73 Å². The lowest BCUT2D eigenvalue weighted by Crippen LogP contribution is -2.47. The Kier molecular flexibility index (Phi) is 4.31. The predicted molar refractivity (Wildman–Crippen MR) is 78.1 cm³/mol. The molecule has 0 saturated carbocycles. The second kappa shape index (κ2) is 5.60. The standard InChI is InChI=1S/C15H23ClN2/c1-15(2,17)11-18-9-7-13(8-10-18)12-3-5-14(16)6-4-12/h3-6,13H,7-11,17H2,1-2H3. The van der Waals surface area contributed by atoms with E-state index in [1.54, 1.807) is 0 Å². The molecule has 1 aliphatic heterocycles. The van der Waals surface area contributed by atoms with Crippen molar-refractivity contribution in [2.45, 2.75) is 38.1 Å². The molecule has 0 amide bonds. The minimum atomic E-state index is -0.0902. The molecule has 0 radical (unpaired) electrons. The fourth-order valence-electron chi connectivity index (χ4n) is 2.74. The molecular weight excluding hydrogens is 244 g/mol. The lowest BCUT2D eigenvalue weighted by Gasteiger charge is -2.36. The number of nitrogens with zero attached hydrogens (tertiary/aromatic N) is 1. The van der Waals surface area contributed by atoms with E-state index in [0.29, 0.717) is 5.92 Å². The Morgan fingerprint density at radius 1 is 1.22 bits per heavy atom. The van der Waals surface area contributed by atoms with Crippen molar-refractivity contribution < 1.29 is 0 Å². The average molecular weight is 267 g/mol. The quantitative estimate of drug-likeness (QED) is 0.910. The van der Waals surface area contributed by atoms with Crippen LogP contribution in [-0.4, -0.2) is 30.1 Å². The fraction of sp³-hybridized carbons (Fsp3) is 0.600. The van der Waals surface area contributed by atoms with Gasteiger partial charge in [-0.1, -0.05) is 23.7 Å². The van der Waals surface area contributed by atoms with E-state index < -0.39 is 0 Å². The highest BCUT2D eigenvalue weighted by molar-refractivity contribution is 6.30. The summed E-state index contributed by atoms with van der Waals surface area (Å²) in [6, 6.07) is 8.31. The van der Waals surface area contributed by atoms with E-state index in [2.05, 4.69) is 30.9 Å². The lowest BCUT2D eigenvalue weighted by atomic mass is 9.89. The third kappa shape index (κ3) is 3.98. The largest absolute Gasteiger partial charge is 0.324 e. The molecule has 2 N–H and O–H groups in total. The van der Waals surface area contributed by atoms with Crippen molar-refractivity contribution in [2.75, 3.05) is 19.6 Å². The van der Waals surface area contributed by atoms with Crippen molar-refractivity contribution in [1.29, 1.82) is 0 Å². The summed E-state index contributed by atoms with van der Waals surface area (Å²) in [5.41, 5.74) is 7.40. The van der Waals surface area contributed by atoms with Gasteiger partial charge in [0.05, 0.1) is 0 Å². The van der Waals surface area contributed by atoms with Gasteiger partial charge in [0.25, 0.3) is 0 Å². The summed E-state index contributed by atoms with van der Waals surface area (Å²) in [5, 5.41) is 0.820. The van der Waals surface area contributed by atoms with Crippen LogP contribution in [0.5, 0.6) is 0 Å². The molecule has 1 aromatic rings. The second-order valence-electron chi connectivity index (χ2n) is 6.09. The molecule has 1 aromatic carbocycles. The van der Waals surface area contributed by atoms with Gasteiger partial charge < -0.3 is 10.6 Å². The molecule has 0 aromatic heterocycles. The van der Waals surface area contributed by atoms with Crippen LogP contribution in [0.3, 0.4) is 0 Å². The van der Waals surface area contributed by atoms with E-state index in [1.165, 1.54) is 18.4 Å². The number of likely N-dealkylation sites (tertiary alicyclic amines) is 1. The number of hydrogen-bond acceptors (Lipinski definition) is 2. The topological polar surface area (TPSA) is 29.3 Å². The molecule has 0 aliphatic carbocycles. The summed E-state index contributed by atoms with van der Waals surface area (Å²) < 4.78 is 0. The smallest absolute Gasteiger partial charge is 0.0406 e. The molecule has 100 valence electrons. The zero-order valence-corrected chi connectivity index (χ0v) is 12.1. The Labute approximate surface area is 115 Å². The SMILES string of the molecule is CC(C)(N)CN1CCC(c2ccc(Cl)cc2)CC1. The van der Waals surface area contributed by atoms with Crippen molar-refractivity contribution in [3.05, 3.63) is 34.9 Å². The number of halogens is 1. The number of nitrogens with two attached hydrogens (primary N) is 1. The number of rotatable bonds is 3. The maximum Gasteiger partial charge on any atom is 0.0406 e. The van der Waals surface area contributed by atoms with E-state index in [9.17, 15) is 0 Å². The zero-order valence-electron chi connectivity index (χ0n) is 11.3. The monoisotopic (exact) mass is 266 g/mol. The van der Waals surface area contributed by atoms with Gasteiger partial charge in [0, 0.05) is 17.1 Å². The highest BCUT2D eigenvalue weighted by Crippen LogP contribution is 2.29. The minimum Gasteiger partial charge on any atom is -0.324 e. The molecular formula is C15H23ClN2. The van der Waals surface area contributed by atoms with Gasteiger partial charge in [0.1, 0.15) is 0 Å². The number of benzene rings is 1. The molecule has 1 fully saturated rings. The van der Waals surface area contributed by atoms with E-state index in [-0.39, 0.29) is 5.54 Å². The van der Waals surface area contributed by atoms with Crippen molar-refractivity contribution in [3.8, 4) is 0 Å². The first-order valence-corrected chi connectivity index (χ1v) is 7.08. The van der Waals surface area contributed by atoms with Crippen LogP contribution in [0, 0.1) is 0 Å². The molecule has 1 aliphatic rings. The number of piperidine rings is 1. The van der Waals surface area contributed by atoms with Crippen LogP contribution in [0.2, 0.25) is 5.02 Å². The summed E-state index contributed by atoms with van der Waals surface area (Å²) in [4.78, 5) is 2.48. The van der Waals surface area contributed by atoms with E-state index >= 15 is 0 Å². The zero-order chi connectivity index (χ0) is 13.2. The van der Waals surface area contributed by atoms with Gasteiger partial charge >= 0.3 is 0 Å². The Morgan fingerprint density at radius 3 is 2.28 bits per heavy atom. The Bertz CT molecular complexity index is 372. The first-order valence-electron chi connectivity index (χ1n) is 6.71. The van der Waals surface area contributed by atoms with Crippen molar-refractivity contribution in [3.63, 3.8) is 0 Å². The first kappa shape index (κ1) is 13.9. The third-order valence-corrected chi connectivity index (χ3v) is 3.81. The third-order valence-electron chi connectivity index (χ3n) is 3.56. The lowest BCUT2D eigenvalue weighted by molar-refractivity contribution is 0.179. The highest BCUT2D eigenvalue weighted by Gasteiger charge is 2.23. The molecule has 1 saturated heterocycles. The molecule has 2 rings (SSSR count). The van der Waals surface area contributed by atoms with Crippen LogP contribution in [0.15, 0.2) is 24.3 Å². The van der Waals surface area contributed by atoms with Crippen molar-refractivity contribution in [1.82, 2.24) is 4.90 Å². The Hall–Kier alpha value is -0.570. The molecule has 0 spiro atoms. The van der Waals surface area contributed by atoms with Crippen LogP contribution in [0.25, 0.3) is 0 Å². The van der Waals surface area contributed by atoms with Crippen LogP contribution in [0.4, 0.5) is 0 Å². The molecule has 1 heterocycles. The van der Waals surface area contributed by atoms with Gasteiger partial charge in [-0.3, -0.25) is 0 Å². The fourth-order valence-corrected chi connectivity index (χ4v) is 2.86. The van der Waals surface area contributed by atoms with E-state index in [1.807, 2.05) is 12.1 Å². The van der Waals surface area contributed by atoms with Crippen molar-refractivity contribution >= 4 is 11.6 Å². The Morgan fingerprint density at radius 2 is 1.78 bits per heavy atom. The Balaban J connectivity index is 1.88. The van der Waals surface area contributed by atoms with Crippen LogP contribution >= 0.6 is 11.6 Å². The van der Waals surface area contributed by atoms with Crippen LogP contribution < -0.4 is 5.73 Å². The minimum absolute atomic E-state index is 0.0902. The summed E-state index contributed by atoms with van der Waals surface area (Å²) in [7, 11) is 0.